The number of hydrogen-bond acceptors (Lipinski definition) is 3. The predicted molar refractivity (Wildman–Crippen MR) is 115 cm³/mol. The fourth-order valence-electron chi connectivity index (χ4n) is 3.65. The van der Waals surface area contributed by atoms with Crippen molar-refractivity contribution in [1.82, 2.24) is 4.98 Å². The van der Waals surface area contributed by atoms with Gasteiger partial charge < -0.3 is 10.2 Å². The molecule has 0 fully saturated rings. The molecule has 29 heavy (non-hydrogen) atoms. The normalized spacial score (nSPS) is 11.0. The Balaban J connectivity index is 1.76. The van der Waals surface area contributed by atoms with Crippen molar-refractivity contribution in [2.75, 3.05) is 5.73 Å². The molecule has 4 heteroatoms. The van der Waals surface area contributed by atoms with E-state index in [1.165, 1.54) is 5.56 Å². The van der Waals surface area contributed by atoms with E-state index < -0.39 is 0 Å². The lowest BCUT2D eigenvalue weighted by Crippen LogP contribution is -2.38. The lowest BCUT2D eigenvalue weighted by atomic mass is 9.99. The first-order valence-electron chi connectivity index (χ1n) is 9.56. The Morgan fingerprint density at radius 3 is 2.00 bits per heavy atom. The third-order valence-corrected chi connectivity index (χ3v) is 5.06. The minimum Gasteiger partial charge on any atom is -0.425 e. The van der Waals surface area contributed by atoms with E-state index in [1.54, 1.807) is 6.33 Å². The SMILES string of the molecule is Nc1c2c(-c3ccccc3)c(-c3ccccc3)oc2nc[n+]1Cc1ccccc1. The monoisotopic (exact) mass is 378 g/mol. The second kappa shape index (κ2) is 7.24. The fourth-order valence-corrected chi connectivity index (χ4v) is 3.65. The van der Waals surface area contributed by atoms with E-state index >= 15 is 0 Å². The topological polar surface area (TPSA) is 55.9 Å². The van der Waals surface area contributed by atoms with Crippen LogP contribution in [-0.4, -0.2) is 4.98 Å². The van der Waals surface area contributed by atoms with Gasteiger partial charge in [-0.2, -0.15) is 0 Å². The lowest BCUT2D eigenvalue weighted by Gasteiger charge is -2.06. The number of nitrogen functional groups attached to an aromatic ring is 1. The predicted octanol–water partition coefficient (Wildman–Crippen LogP) is 5.08. The molecule has 0 bridgehead atoms. The maximum absolute atomic E-state index is 6.66. The van der Waals surface area contributed by atoms with Crippen LogP contribution in [0.15, 0.2) is 102 Å². The molecule has 0 atom stereocenters. The number of furan rings is 1. The summed E-state index contributed by atoms with van der Waals surface area (Å²) in [5.41, 5.74) is 11.4. The molecular formula is C25H20N3O+. The van der Waals surface area contributed by atoms with Gasteiger partial charge in [0.2, 0.25) is 12.1 Å². The van der Waals surface area contributed by atoms with E-state index in [9.17, 15) is 0 Å². The molecule has 0 amide bonds. The van der Waals surface area contributed by atoms with Crippen LogP contribution in [0.3, 0.4) is 0 Å². The zero-order valence-electron chi connectivity index (χ0n) is 15.8. The summed E-state index contributed by atoms with van der Waals surface area (Å²) in [4.78, 5) is 4.59. The highest BCUT2D eigenvalue weighted by molar-refractivity contribution is 6.04. The quantitative estimate of drug-likeness (QED) is 0.444. The van der Waals surface area contributed by atoms with Crippen molar-refractivity contribution in [3.05, 3.63) is 103 Å². The fraction of sp³-hybridized carbons (Fsp3) is 0.0400. The van der Waals surface area contributed by atoms with Crippen LogP contribution in [0.25, 0.3) is 33.6 Å². The molecule has 2 aromatic heterocycles. The molecule has 140 valence electrons. The number of aromatic nitrogens is 2. The standard InChI is InChI=1S/C25H19N3O/c26-24-22-21(19-12-6-2-7-13-19)23(20-14-8-3-9-15-20)29-25(22)27-17-28(24)16-18-10-4-1-5-11-18/h1-15,17,26H,16H2/p+1. The molecule has 5 aromatic rings. The minimum atomic E-state index is 0.546. The molecule has 3 aromatic carbocycles. The Morgan fingerprint density at radius 2 is 1.34 bits per heavy atom. The molecule has 0 aliphatic carbocycles. The van der Waals surface area contributed by atoms with Crippen LogP contribution in [0.5, 0.6) is 0 Å². The first-order chi connectivity index (χ1) is 14.3. The number of hydrogen-bond donors (Lipinski definition) is 1. The molecule has 0 saturated carbocycles. The average molecular weight is 378 g/mol. The van der Waals surface area contributed by atoms with Gasteiger partial charge in [0.05, 0.1) is 6.54 Å². The number of rotatable bonds is 4. The average Bonchev–Trinajstić information content (AvgIpc) is 3.18. The van der Waals surface area contributed by atoms with Crippen molar-refractivity contribution in [2.45, 2.75) is 6.54 Å². The lowest BCUT2D eigenvalue weighted by molar-refractivity contribution is -0.675. The van der Waals surface area contributed by atoms with Crippen LogP contribution in [-0.2, 0) is 6.54 Å². The van der Waals surface area contributed by atoms with Crippen LogP contribution in [0, 0.1) is 0 Å². The minimum absolute atomic E-state index is 0.546. The molecule has 4 nitrogen and oxygen atoms in total. The van der Waals surface area contributed by atoms with Crippen molar-refractivity contribution >= 4 is 16.9 Å². The summed E-state index contributed by atoms with van der Waals surface area (Å²) >= 11 is 0. The number of nitrogens with two attached hydrogens (primary N) is 1. The van der Waals surface area contributed by atoms with Gasteiger partial charge in [-0.15, -0.1) is 0 Å². The zero-order valence-corrected chi connectivity index (χ0v) is 15.8. The van der Waals surface area contributed by atoms with Crippen molar-refractivity contribution in [3.8, 4) is 22.5 Å². The number of benzene rings is 3. The largest absolute Gasteiger partial charge is 0.425 e. The summed E-state index contributed by atoms with van der Waals surface area (Å²) < 4.78 is 8.19. The van der Waals surface area contributed by atoms with Crippen LogP contribution in [0.1, 0.15) is 5.56 Å². The molecule has 0 radical (unpaired) electrons. The smallest absolute Gasteiger partial charge is 0.310 e. The molecule has 0 unspecified atom stereocenters. The third-order valence-electron chi connectivity index (χ3n) is 5.06. The van der Waals surface area contributed by atoms with Crippen molar-refractivity contribution < 1.29 is 8.98 Å². The van der Waals surface area contributed by atoms with Gasteiger partial charge in [0.25, 0.3) is 0 Å². The molecule has 0 saturated heterocycles. The van der Waals surface area contributed by atoms with E-state index in [0.29, 0.717) is 18.1 Å². The van der Waals surface area contributed by atoms with Crippen LogP contribution in [0.4, 0.5) is 5.82 Å². The highest BCUT2D eigenvalue weighted by Crippen LogP contribution is 2.41. The van der Waals surface area contributed by atoms with Gasteiger partial charge in [0.15, 0.2) is 0 Å². The Kier molecular flexibility index (Phi) is 4.30. The van der Waals surface area contributed by atoms with Gasteiger partial charge in [0, 0.05) is 11.1 Å². The molecule has 2 N–H and O–H groups in total. The van der Waals surface area contributed by atoms with Crippen molar-refractivity contribution in [2.24, 2.45) is 0 Å². The van der Waals surface area contributed by atoms with Gasteiger partial charge in [-0.05, 0) is 11.1 Å². The van der Waals surface area contributed by atoms with Gasteiger partial charge >= 0.3 is 5.71 Å². The number of anilines is 1. The zero-order chi connectivity index (χ0) is 19.6. The Hall–Kier alpha value is -3.92. The summed E-state index contributed by atoms with van der Waals surface area (Å²) in [7, 11) is 0. The second-order valence-electron chi connectivity index (χ2n) is 6.96. The van der Waals surface area contributed by atoms with E-state index in [1.807, 2.05) is 71.3 Å². The van der Waals surface area contributed by atoms with Gasteiger partial charge in [0.1, 0.15) is 11.1 Å². The summed E-state index contributed by atoms with van der Waals surface area (Å²) in [6, 6.07) is 30.5. The Bertz CT molecular complexity index is 1260. The maximum Gasteiger partial charge on any atom is 0.310 e. The van der Waals surface area contributed by atoms with Crippen LogP contribution in [0.2, 0.25) is 0 Å². The van der Waals surface area contributed by atoms with Crippen LogP contribution >= 0.6 is 0 Å². The third kappa shape index (κ3) is 3.15. The first kappa shape index (κ1) is 17.2. The molecule has 0 spiro atoms. The van der Waals surface area contributed by atoms with E-state index in [-0.39, 0.29) is 0 Å². The molecule has 2 heterocycles. The second-order valence-corrected chi connectivity index (χ2v) is 6.96. The molecule has 0 aliphatic rings. The highest BCUT2D eigenvalue weighted by Gasteiger charge is 2.25. The van der Waals surface area contributed by atoms with Gasteiger partial charge in [-0.3, -0.25) is 0 Å². The summed E-state index contributed by atoms with van der Waals surface area (Å²) in [6.07, 6.45) is 1.75. The highest BCUT2D eigenvalue weighted by atomic mass is 16.3. The van der Waals surface area contributed by atoms with E-state index in [4.69, 9.17) is 10.2 Å². The number of fused-ring (bicyclic) bond motifs is 1. The molecular weight excluding hydrogens is 358 g/mol. The molecule has 0 aliphatic heterocycles. The van der Waals surface area contributed by atoms with E-state index in [2.05, 4.69) is 29.2 Å². The summed E-state index contributed by atoms with van der Waals surface area (Å²) in [6.45, 7) is 0.649. The van der Waals surface area contributed by atoms with Gasteiger partial charge in [-0.1, -0.05) is 96.0 Å². The first-order valence-corrected chi connectivity index (χ1v) is 9.56. The van der Waals surface area contributed by atoms with E-state index in [0.717, 1.165) is 27.8 Å². The molecule has 5 rings (SSSR count). The van der Waals surface area contributed by atoms with Crippen LogP contribution < -0.4 is 10.3 Å². The Morgan fingerprint density at radius 1 is 0.759 bits per heavy atom. The summed E-state index contributed by atoms with van der Waals surface area (Å²) in [5, 5.41) is 0.841. The maximum atomic E-state index is 6.66. The van der Waals surface area contributed by atoms with Crippen molar-refractivity contribution in [3.63, 3.8) is 0 Å². The Labute approximate surface area is 168 Å². The van der Waals surface area contributed by atoms with Crippen molar-refractivity contribution in [1.29, 1.82) is 0 Å². The van der Waals surface area contributed by atoms with Gasteiger partial charge in [-0.25, -0.2) is 4.57 Å². The summed E-state index contributed by atoms with van der Waals surface area (Å²) in [5.74, 6) is 1.42. The number of nitrogens with zero attached hydrogens (tertiary/aromatic N) is 2.